The summed E-state index contributed by atoms with van der Waals surface area (Å²) in [5.41, 5.74) is 0.392. The second kappa shape index (κ2) is 5.37. The van der Waals surface area contributed by atoms with Crippen molar-refractivity contribution in [1.29, 1.82) is 0 Å². The van der Waals surface area contributed by atoms with Crippen molar-refractivity contribution in [2.24, 2.45) is 0 Å². The molecule has 3 nitrogen and oxygen atoms in total. The molecule has 1 N–H and O–H groups in total. The van der Waals surface area contributed by atoms with Crippen molar-refractivity contribution in [1.82, 2.24) is 4.90 Å². The Kier molecular flexibility index (Phi) is 3.57. The van der Waals surface area contributed by atoms with E-state index in [0.717, 1.165) is 28.7 Å². The first-order valence-corrected chi connectivity index (χ1v) is 7.89. The molecule has 2 aromatic carbocycles. The SMILES string of the molecule is CN(C(=O)c1cc2ccccc2cc1O)C1CCSC1. The molecule has 0 saturated carbocycles. The predicted molar refractivity (Wildman–Crippen MR) is 83.4 cm³/mol. The number of phenols is 1. The van der Waals surface area contributed by atoms with Gasteiger partial charge in [-0.2, -0.15) is 11.8 Å². The summed E-state index contributed by atoms with van der Waals surface area (Å²) in [7, 11) is 1.83. The number of hydrogen-bond donors (Lipinski definition) is 1. The summed E-state index contributed by atoms with van der Waals surface area (Å²) in [6.45, 7) is 0. The molecule has 1 fully saturated rings. The summed E-state index contributed by atoms with van der Waals surface area (Å²) < 4.78 is 0. The molecule has 1 aliphatic heterocycles. The average molecular weight is 287 g/mol. The number of carbonyl (C=O) groups is 1. The van der Waals surface area contributed by atoms with Gasteiger partial charge in [0.2, 0.25) is 0 Å². The van der Waals surface area contributed by atoms with Crippen LogP contribution in [0.1, 0.15) is 16.8 Å². The van der Waals surface area contributed by atoms with Gasteiger partial charge < -0.3 is 10.0 Å². The van der Waals surface area contributed by atoms with Crippen LogP contribution in [0.4, 0.5) is 0 Å². The Morgan fingerprint density at radius 1 is 1.30 bits per heavy atom. The highest BCUT2D eigenvalue weighted by molar-refractivity contribution is 7.99. The van der Waals surface area contributed by atoms with Crippen molar-refractivity contribution < 1.29 is 9.90 Å². The standard InChI is InChI=1S/C16H17NO2S/c1-17(13-6-7-20-10-13)16(19)14-8-11-4-2-3-5-12(11)9-15(14)18/h2-5,8-9,13,18H,6-7,10H2,1H3. The summed E-state index contributed by atoms with van der Waals surface area (Å²) in [6.07, 6.45) is 1.03. The van der Waals surface area contributed by atoms with Gasteiger partial charge in [-0.15, -0.1) is 0 Å². The molecule has 2 aromatic rings. The minimum absolute atomic E-state index is 0.0613. The number of carbonyl (C=O) groups excluding carboxylic acids is 1. The maximum Gasteiger partial charge on any atom is 0.257 e. The molecule has 3 rings (SSSR count). The quantitative estimate of drug-likeness (QED) is 0.922. The zero-order valence-corrected chi connectivity index (χ0v) is 12.2. The molecule has 0 spiro atoms. The topological polar surface area (TPSA) is 40.5 Å². The lowest BCUT2D eigenvalue weighted by atomic mass is 10.0. The zero-order chi connectivity index (χ0) is 14.1. The van der Waals surface area contributed by atoms with Crippen LogP contribution in [0.25, 0.3) is 10.8 Å². The number of hydrogen-bond acceptors (Lipinski definition) is 3. The second-order valence-electron chi connectivity index (χ2n) is 5.15. The van der Waals surface area contributed by atoms with E-state index in [-0.39, 0.29) is 17.7 Å². The lowest BCUT2D eigenvalue weighted by molar-refractivity contribution is 0.0745. The summed E-state index contributed by atoms with van der Waals surface area (Å²) in [6, 6.07) is 11.5. The Morgan fingerprint density at radius 3 is 2.65 bits per heavy atom. The molecule has 0 aromatic heterocycles. The van der Waals surface area contributed by atoms with Crippen LogP contribution in [0.2, 0.25) is 0 Å². The van der Waals surface area contributed by atoms with Gasteiger partial charge in [-0.1, -0.05) is 24.3 Å². The van der Waals surface area contributed by atoms with Crippen LogP contribution in [-0.2, 0) is 0 Å². The van der Waals surface area contributed by atoms with E-state index < -0.39 is 0 Å². The van der Waals surface area contributed by atoms with Crippen molar-refractivity contribution in [2.75, 3.05) is 18.6 Å². The van der Waals surface area contributed by atoms with Gasteiger partial charge in [0.15, 0.2) is 0 Å². The zero-order valence-electron chi connectivity index (χ0n) is 11.4. The molecule has 0 bridgehead atoms. The van der Waals surface area contributed by atoms with E-state index in [0.29, 0.717) is 5.56 Å². The highest BCUT2D eigenvalue weighted by Gasteiger charge is 2.26. The first kappa shape index (κ1) is 13.3. The maximum absolute atomic E-state index is 12.6. The van der Waals surface area contributed by atoms with E-state index in [9.17, 15) is 9.90 Å². The van der Waals surface area contributed by atoms with Gasteiger partial charge in [-0.25, -0.2) is 0 Å². The van der Waals surface area contributed by atoms with E-state index in [1.807, 2.05) is 43.1 Å². The fraction of sp³-hybridized carbons (Fsp3) is 0.312. The largest absolute Gasteiger partial charge is 0.507 e. The molecular formula is C16H17NO2S. The Labute approximate surface area is 122 Å². The van der Waals surface area contributed by atoms with Crippen LogP contribution in [-0.4, -0.2) is 40.5 Å². The van der Waals surface area contributed by atoms with E-state index in [4.69, 9.17) is 0 Å². The Hall–Kier alpha value is -1.68. The Bertz CT molecular complexity index is 650. The van der Waals surface area contributed by atoms with Crippen molar-refractivity contribution >= 4 is 28.4 Å². The molecular weight excluding hydrogens is 270 g/mol. The van der Waals surface area contributed by atoms with Gasteiger partial charge in [-0.05, 0) is 35.1 Å². The highest BCUT2D eigenvalue weighted by Crippen LogP contribution is 2.28. The molecule has 0 aliphatic carbocycles. The normalized spacial score (nSPS) is 18.4. The lowest BCUT2D eigenvalue weighted by Crippen LogP contribution is -2.37. The molecule has 1 unspecified atom stereocenters. The summed E-state index contributed by atoms with van der Waals surface area (Å²) in [5, 5.41) is 12.0. The third-order valence-electron chi connectivity index (χ3n) is 3.87. The fourth-order valence-electron chi connectivity index (χ4n) is 2.58. The average Bonchev–Trinajstić information content (AvgIpc) is 2.99. The molecule has 1 amide bonds. The number of fused-ring (bicyclic) bond motifs is 1. The van der Waals surface area contributed by atoms with Gasteiger partial charge >= 0.3 is 0 Å². The number of rotatable bonds is 2. The summed E-state index contributed by atoms with van der Waals surface area (Å²) in [5.74, 6) is 2.05. The summed E-state index contributed by atoms with van der Waals surface area (Å²) in [4.78, 5) is 14.3. The number of thioether (sulfide) groups is 1. The van der Waals surface area contributed by atoms with Gasteiger partial charge in [0, 0.05) is 18.8 Å². The van der Waals surface area contributed by atoms with E-state index >= 15 is 0 Å². The monoisotopic (exact) mass is 287 g/mol. The minimum atomic E-state index is -0.0965. The molecule has 1 aliphatic rings. The van der Waals surface area contributed by atoms with Gasteiger partial charge in [0.1, 0.15) is 5.75 Å². The predicted octanol–water partition coefficient (Wildman–Crippen LogP) is 3.12. The lowest BCUT2D eigenvalue weighted by Gasteiger charge is -2.24. The number of phenolic OH excluding ortho intramolecular Hbond substituents is 1. The van der Waals surface area contributed by atoms with Crippen LogP contribution in [0.3, 0.4) is 0 Å². The van der Waals surface area contributed by atoms with Crippen LogP contribution < -0.4 is 0 Å². The fourth-order valence-corrected chi connectivity index (χ4v) is 3.85. The Balaban J connectivity index is 1.96. The smallest absolute Gasteiger partial charge is 0.257 e. The summed E-state index contributed by atoms with van der Waals surface area (Å²) >= 11 is 1.87. The van der Waals surface area contributed by atoms with Crippen LogP contribution in [0.5, 0.6) is 5.75 Å². The second-order valence-corrected chi connectivity index (χ2v) is 6.30. The van der Waals surface area contributed by atoms with Crippen molar-refractivity contribution in [3.63, 3.8) is 0 Å². The maximum atomic E-state index is 12.6. The molecule has 1 saturated heterocycles. The molecule has 20 heavy (non-hydrogen) atoms. The van der Waals surface area contributed by atoms with Crippen LogP contribution in [0, 0.1) is 0 Å². The van der Waals surface area contributed by atoms with Gasteiger partial charge in [0.25, 0.3) is 5.91 Å². The third kappa shape index (κ3) is 2.36. The number of benzene rings is 2. The molecule has 1 heterocycles. The van der Waals surface area contributed by atoms with E-state index in [1.165, 1.54) is 0 Å². The molecule has 4 heteroatoms. The van der Waals surface area contributed by atoms with Gasteiger partial charge in [-0.3, -0.25) is 4.79 Å². The van der Waals surface area contributed by atoms with Gasteiger partial charge in [0.05, 0.1) is 5.56 Å². The first-order valence-electron chi connectivity index (χ1n) is 6.73. The Morgan fingerprint density at radius 2 is 2.00 bits per heavy atom. The number of aromatic hydroxyl groups is 1. The highest BCUT2D eigenvalue weighted by atomic mass is 32.2. The van der Waals surface area contributed by atoms with E-state index in [2.05, 4.69) is 0 Å². The molecule has 1 atom stereocenters. The van der Waals surface area contributed by atoms with E-state index in [1.54, 1.807) is 17.0 Å². The van der Waals surface area contributed by atoms with Crippen LogP contribution in [0.15, 0.2) is 36.4 Å². The van der Waals surface area contributed by atoms with Crippen molar-refractivity contribution in [2.45, 2.75) is 12.5 Å². The number of nitrogens with zero attached hydrogens (tertiary/aromatic N) is 1. The minimum Gasteiger partial charge on any atom is -0.507 e. The third-order valence-corrected chi connectivity index (χ3v) is 5.01. The number of amides is 1. The molecule has 0 radical (unpaired) electrons. The first-order chi connectivity index (χ1) is 9.66. The van der Waals surface area contributed by atoms with Crippen LogP contribution >= 0.6 is 11.8 Å². The van der Waals surface area contributed by atoms with Crippen molar-refractivity contribution in [3.05, 3.63) is 42.0 Å². The van der Waals surface area contributed by atoms with Crippen molar-refractivity contribution in [3.8, 4) is 5.75 Å². The molecule has 104 valence electrons.